The summed E-state index contributed by atoms with van der Waals surface area (Å²) in [6, 6.07) is 0.238. The summed E-state index contributed by atoms with van der Waals surface area (Å²) in [5, 5.41) is 0. The minimum absolute atomic E-state index is 0.173. The Labute approximate surface area is 106 Å². The summed E-state index contributed by atoms with van der Waals surface area (Å²) < 4.78 is 40.0. The molecular weight excluding hydrogens is 245 g/mol. The van der Waals surface area contributed by atoms with E-state index in [2.05, 4.69) is 9.64 Å². The number of hydrogen-bond donors (Lipinski definition) is 1. The highest BCUT2D eigenvalue weighted by Crippen LogP contribution is 2.19. The zero-order valence-corrected chi connectivity index (χ0v) is 10.9. The number of alkyl halides is 3. The highest BCUT2D eigenvalue weighted by molar-refractivity contribution is 4.77. The maximum absolute atomic E-state index is 11.8. The molecule has 1 aliphatic heterocycles. The van der Waals surface area contributed by atoms with Crippen molar-refractivity contribution in [2.75, 3.05) is 32.8 Å². The summed E-state index contributed by atoms with van der Waals surface area (Å²) in [6.45, 7) is 3.86. The first-order chi connectivity index (χ1) is 8.38. The second kappa shape index (κ2) is 7.31. The molecule has 0 aliphatic carbocycles. The summed E-state index contributed by atoms with van der Waals surface area (Å²) in [5.41, 5.74) is 5.85. The third-order valence-electron chi connectivity index (χ3n) is 3.40. The van der Waals surface area contributed by atoms with Crippen LogP contribution in [0.2, 0.25) is 0 Å². The number of piperidine rings is 1. The molecule has 0 aromatic heterocycles. The van der Waals surface area contributed by atoms with Crippen molar-refractivity contribution in [3.05, 3.63) is 0 Å². The lowest BCUT2D eigenvalue weighted by atomic mass is 9.91. The number of halogens is 3. The molecule has 0 amide bonds. The minimum atomic E-state index is -4.21. The molecule has 1 fully saturated rings. The summed E-state index contributed by atoms with van der Waals surface area (Å²) in [6.07, 6.45) is -1.39. The third-order valence-corrected chi connectivity index (χ3v) is 3.40. The number of likely N-dealkylation sites (tertiary alicyclic amines) is 1. The molecule has 1 heterocycles. The average Bonchev–Trinajstić information content (AvgIpc) is 2.27. The van der Waals surface area contributed by atoms with Gasteiger partial charge in [0.2, 0.25) is 0 Å². The first kappa shape index (κ1) is 15.7. The minimum Gasteiger partial charge on any atom is -0.372 e. The summed E-state index contributed by atoms with van der Waals surface area (Å²) >= 11 is 0. The van der Waals surface area contributed by atoms with Crippen molar-refractivity contribution in [3.63, 3.8) is 0 Å². The summed E-state index contributed by atoms with van der Waals surface area (Å²) in [4.78, 5) is 2.27. The van der Waals surface area contributed by atoms with Crippen molar-refractivity contribution in [3.8, 4) is 0 Å². The molecule has 1 unspecified atom stereocenters. The maximum Gasteiger partial charge on any atom is 0.411 e. The van der Waals surface area contributed by atoms with Crippen molar-refractivity contribution in [2.45, 2.75) is 38.4 Å². The second-order valence-corrected chi connectivity index (χ2v) is 5.06. The number of nitrogens with two attached hydrogens (primary N) is 1. The molecule has 18 heavy (non-hydrogen) atoms. The topological polar surface area (TPSA) is 38.5 Å². The Morgan fingerprint density at radius 2 is 1.94 bits per heavy atom. The van der Waals surface area contributed by atoms with Crippen molar-refractivity contribution >= 4 is 0 Å². The van der Waals surface area contributed by atoms with Crippen LogP contribution < -0.4 is 5.73 Å². The molecule has 2 N–H and O–H groups in total. The molecule has 0 radical (unpaired) electrons. The summed E-state index contributed by atoms with van der Waals surface area (Å²) in [7, 11) is 0. The van der Waals surface area contributed by atoms with Crippen LogP contribution in [0.15, 0.2) is 0 Å². The maximum atomic E-state index is 11.8. The fourth-order valence-electron chi connectivity index (χ4n) is 2.28. The van der Waals surface area contributed by atoms with Gasteiger partial charge in [-0.15, -0.1) is 0 Å². The van der Waals surface area contributed by atoms with Crippen molar-refractivity contribution in [2.24, 2.45) is 11.7 Å². The Bertz CT molecular complexity index is 226. The molecule has 0 aromatic carbocycles. The zero-order chi connectivity index (χ0) is 13.6. The lowest BCUT2D eigenvalue weighted by Crippen LogP contribution is -2.40. The van der Waals surface area contributed by atoms with E-state index < -0.39 is 12.8 Å². The normalized spacial score (nSPS) is 21.2. The molecule has 0 spiro atoms. The van der Waals surface area contributed by atoms with Gasteiger partial charge in [0.15, 0.2) is 0 Å². The third kappa shape index (κ3) is 6.56. The zero-order valence-electron chi connectivity index (χ0n) is 10.9. The van der Waals surface area contributed by atoms with Gasteiger partial charge in [-0.25, -0.2) is 0 Å². The van der Waals surface area contributed by atoms with Crippen LogP contribution in [-0.4, -0.2) is 50.0 Å². The van der Waals surface area contributed by atoms with Gasteiger partial charge >= 0.3 is 6.18 Å². The van der Waals surface area contributed by atoms with Gasteiger partial charge in [0.05, 0.1) is 0 Å². The second-order valence-electron chi connectivity index (χ2n) is 5.06. The van der Waals surface area contributed by atoms with Gasteiger partial charge in [0.25, 0.3) is 0 Å². The highest BCUT2D eigenvalue weighted by Gasteiger charge is 2.27. The molecule has 1 saturated heterocycles. The van der Waals surface area contributed by atoms with Crippen LogP contribution in [-0.2, 0) is 4.74 Å². The van der Waals surface area contributed by atoms with Crippen molar-refractivity contribution in [1.29, 1.82) is 0 Å². The Kier molecular flexibility index (Phi) is 6.38. The highest BCUT2D eigenvalue weighted by atomic mass is 19.4. The van der Waals surface area contributed by atoms with Gasteiger partial charge in [-0.1, -0.05) is 0 Å². The van der Waals surface area contributed by atoms with E-state index in [1.807, 2.05) is 6.92 Å². The van der Waals surface area contributed by atoms with Gasteiger partial charge in [-0.05, 0) is 45.2 Å². The van der Waals surface area contributed by atoms with E-state index in [1.165, 1.54) is 0 Å². The molecule has 1 atom stereocenters. The SMILES string of the molecule is CC(N)C1CCN(CCCOCC(F)(F)F)CC1. The van der Waals surface area contributed by atoms with Gasteiger partial charge in [0, 0.05) is 19.2 Å². The first-order valence-corrected chi connectivity index (χ1v) is 6.51. The average molecular weight is 268 g/mol. The number of rotatable bonds is 6. The first-order valence-electron chi connectivity index (χ1n) is 6.51. The van der Waals surface area contributed by atoms with E-state index in [9.17, 15) is 13.2 Å². The molecular formula is C12H23F3N2O. The van der Waals surface area contributed by atoms with E-state index in [1.54, 1.807) is 0 Å². The van der Waals surface area contributed by atoms with Gasteiger partial charge < -0.3 is 15.4 Å². The molecule has 0 bridgehead atoms. The summed E-state index contributed by atoms with van der Waals surface area (Å²) in [5.74, 6) is 0.586. The molecule has 1 aliphatic rings. The lowest BCUT2D eigenvalue weighted by molar-refractivity contribution is -0.174. The van der Waals surface area contributed by atoms with E-state index in [0.29, 0.717) is 12.3 Å². The van der Waals surface area contributed by atoms with E-state index in [0.717, 1.165) is 32.5 Å². The van der Waals surface area contributed by atoms with Crippen molar-refractivity contribution < 1.29 is 17.9 Å². The molecule has 0 aromatic rings. The predicted molar refractivity (Wildman–Crippen MR) is 64.3 cm³/mol. The molecule has 3 nitrogen and oxygen atoms in total. The van der Waals surface area contributed by atoms with E-state index in [4.69, 9.17) is 5.73 Å². The monoisotopic (exact) mass is 268 g/mol. The number of ether oxygens (including phenoxy) is 1. The molecule has 0 saturated carbocycles. The van der Waals surface area contributed by atoms with Crippen LogP contribution in [0.4, 0.5) is 13.2 Å². The Morgan fingerprint density at radius 1 is 1.33 bits per heavy atom. The number of nitrogens with zero attached hydrogens (tertiary/aromatic N) is 1. The fourth-order valence-corrected chi connectivity index (χ4v) is 2.28. The van der Waals surface area contributed by atoms with Crippen LogP contribution in [0.5, 0.6) is 0 Å². The van der Waals surface area contributed by atoms with E-state index >= 15 is 0 Å². The van der Waals surface area contributed by atoms with Crippen LogP contribution in [0.25, 0.3) is 0 Å². The standard InChI is InChI=1S/C12H23F3N2O/c1-10(16)11-3-6-17(7-4-11)5-2-8-18-9-12(13,14)15/h10-11H,2-9,16H2,1H3. The largest absolute Gasteiger partial charge is 0.411 e. The Hall–Kier alpha value is -0.330. The molecule has 108 valence electrons. The van der Waals surface area contributed by atoms with Crippen LogP contribution in [0, 0.1) is 5.92 Å². The van der Waals surface area contributed by atoms with Crippen LogP contribution in [0.3, 0.4) is 0 Å². The quantitative estimate of drug-likeness (QED) is 0.749. The van der Waals surface area contributed by atoms with Gasteiger partial charge in [0.1, 0.15) is 6.61 Å². The fraction of sp³-hybridized carbons (Fsp3) is 1.00. The van der Waals surface area contributed by atoms with Gasteiger partial charge in [-0.2, -0.15) is 13.2 Å². The van der Waals surface area contributed by atoms with Crippen LogP contribution >= 0.6 is 0 Å². The molecule has 6 heteroatoms. The van der Waals surface area contributed by atoms with Crippen LogP contribution in [0.1, 0.15) is 26.2 Å². The smallest absolute Gasteiger partial charge is 0.372 e. The Morgan fingerprint density at radius 3 is 2.44 bits per heavy atom. The van der Waals surface area contributed by atoms with E-state index in [-0.39, 0.29) is 12.6 Å². The van der Waals surface area contributed by atoms with Gasteiger partial charge in [-0.3, -0.25) is 0 Å². The molecule has 1 rings (SSSR count). The predicted octanol–water partition coefficient (Wildman–Crippen LogP) is 2.01. The Balaban J connectivity index is 2.01. The number of hydrogen-bond acceptors (Lipinski definition) is 3. The lowest BCUT2D eigenvalue weighted by Gasteiger charge is -2.33. The van der Waals surface area contributed by atoms with Crippen molar-refractivity contribution in [1.82, 2.24) is 4.90 Å².